The number of hydrogen-bond acceptors (Lipinski definition) is 2. The molecule has 0 aromatic heterocycles. The smallest absolute Gasteiger partial charge is 0.318 e. The van der Waals surface area contributed by atoms with Gasteiger partial charge >= 0.3 is 5.97 Å². The second-order valence-electron chi connectivity index (χ2n) is 6.01. The van der Waals surface area contributed by atoms with Gasteiger partial charge in [0.2, 0.25) is 0 Å². The summed E-state index contributed by atoms with van der Waals surface area (Å²) >= 11 is 2.18. The maximum atomic E-state index is 11.2. The van der Waals surface area contributed by atoms with E-state index in [9.17, 15) is 4.79 Å². The number of rotatable bonds is 15. The van der Waals surface area contributed by atoms with Crippen molar-refractivity contribution in [2.45, 2.75) is 94.3 Å². The molecule has 3 heteroatoms. The van der Waals surface area contributed by atoms with Crippen molar-refractivity contribution in [1.82, 2.24) is 0 Å². The number of carbonyl (C=O) groups excluding carboxylic acids is 1. The Morgan fingerprint density at radius 1 is 0.909 bits per heavy atom. The van der Waals surface area contributed by atoms with E-state index in [4.69, 9.17) is 4.74 Å². The van der Waals surface area contributed by atoms with Crippen molar-refractivity contribution in [2.75, 3.05) is 7.11 Å². The molecular formula is C19H35IO2. The molecule has 0 aliphatic heterocycles. The molecule has 0 saturated carbocycles. The van der Waals surface area contributed by atoms with Gasteiger partial charge in [0.05, 0.1) is 7.11 Å². The topological polar surface area (TPSA) is 26.3 Å². The quantitative estimate of drug-likeness (QED) is 0.0976. The average Bonchev–Trinajstić information content (AvgIpc) is 2.54. The highest BCUT2D eigenvalue weighted by Gasteiger charge is 2.13. The summed E-state index contributed by atoms with van der Waals surface area (Å²) < 4.78 is 4.75. The lowest BCUT2D eigenvalue weighted by atomic mass is 10.1. The summed E-state index contributed by atoms with van der Waals surface area (Å²) in [4.78, 5) is 11.2. The fourth-order valence-corrected chi connectivity index (χ4v) is 3.16. The third kappa shape index (κ3) is 14.9. The van der Waals surface area contributed by atoms with Crippen molar-refractivity contribution >= 4 is 28.6 Å². The van der Waals surface area contributed by atoms with Crippen molar-refractivity contribution < 1.29 is 9.53 Å². The lowest BCUT2D eigenvalue weighted by Gasteiger charge is -2.06. The Labute approximate surface area is 151 Å². The zero-order chi connectivity index (χ0) is 16.5. The van der Waals surface area contributed by atoms with E-state index in [2.05, 4.69) is 41.7 Å². The number of carbonyl (C=O) groups is 1. The highest BCUT2D eigenvalue weighted by atomic mass is 127. The number of ether oxygens (including phenoxy) is 1. The fraction of sp³-hybridized carbons (Fsp3) is 0.842. The van der Waals surface area contributed by atoms with E-state index in [1.807, 2.05) is 0 Å². The van der Waals surface area contributed by atoms with Crippen LogP contribution in [0, 0.1) is 0 Å². The van der Waals surface area contributed by atoms with Gasteiger partial charge in [0, 0.05) is 0 Å². The largest absolute Gasteiger partial charge is 0.468 e. The Bertz CT molecular complexity index is 277. The van der Waals surface area contributed by atoms with Gasteiger partial charge in [0.1, 0.15) is 3.92 Å². The number of hydrogen-bond donors (Lipinski definition) is 0. The first-order chi connectivity index (χ1) is 10.7. The molecule has 0 spiro atoms. The Hall–Kier alpha value is -0.0600. The third-order valence-corrected chi connectivity index (χ3v) is 5.06. The van der Waals surface area contributed by atoms with Gasteiger partial charge in [0.15, 0.2) is 0 Å². The molecule has 0 aliphatic carbocycles. The first-order valence-corrected chi connectivity index (χ1v) is 10.3. The molecular weight excluding hydrogens is 387 g/mol. The lowest BCUT2D eigenvalue weighted by molar-refractivity contribution is -0.139. The number of esters is 1. The highest BCUT2D eigenvalue weighted by molar-refractivity contribution is 14.1. The van der Waals surface area contributed by atoms with Gasteiger partial charge in [-0.25, -0.2) is 0 Å². The molecule has 1 atom stereocenters. The van der Waals surface area contributed by atoms with Crippen LogP contribution in [0.3, 0.4) is 0 Å². The third-order valence-electron chi connectivity index (χ3n) is 3.93. The van der Waals surface area contributed by atoms with Crippen LogP contribution in [0.15, 0.2) is 12.2 Å². The molecule has 2 nitrogen and oxygen atoms in total. The van der Waals surface area contributed by atoms with Crippen LogP contribution in [0.2, 0.25) is 0 Å². The van der Waals surface area contributed by atoms with Crippen LogP contribution in [-0.4, -0.2) is 17.0 Å². The van der Waals surface area contributed by atoms with Crippen LogP contribution in [0.5, 0.6) is 0 Å². The molecule has 0 rings (SSSR count). The Balaban J connectivity index is 3.22. The predicted molar refractivity (Wildman–Crippen MR) is 105 cm³/mol. The Morgan fingerprint density at radius 2 is 1.41 bits per heavy atom. The summed E-state index contributed by atoms with van der Waals surface area (Å²) in [7, 11) is 1.46. The summed E-state index contributed by atoms with van der Waals surface area (Å²) in [6.07, 6.45) is 21.3. The molecule has 0 saturated heterocycles. The molecule has 0 heterocycles. The first-order valence-electron chi connectivity index (χ1n) is 9.09. The second-order valence-corrected chi connectivity index (χ2v) is 7.51. The average molecular weight is 422 g/mol. The molecule has 22 heavy (non-hydrogen) atoms. The fourth-order valence-electron chi connectivity index (χ4n) is 2.46. The molecule has 130 valence electrons. The van der Waals surface area contributed by atoms with E-state index < -0.39 is 0 Å². The van der Waals surface area contributed by atoms with Gasteiger partial charge in [-0.3, -0.25) is 4.79 Å². The van der Waals surface area contributed by atoms with Crippen molar-refractivity contribution in [3.63, 3.8) is 0 Å². The summed E-state index contributed by atoms with van der Waals surface area (Å²) in [6, 6.07) is 0. The van der Waals surface area contributed by atoms with Gasteiger partial charge in [-0.05, 0) is 32.1 Å². The van der Waals surface area contributed by atoms with Crippen LogP contribution < -0.4 is 0 Å². The maximum absolute atomic E-state index is 11.2. The normalized spacial score (nSPS) is 12.7. The Morgan fingerprint density at radius 3 is 1.95 bits per heavy atom. The van der Waals surface area contributed by atoms with Crippen LogP contribution in [0.25, 0.3) is 0 Å². The number of unbranched alkanes of at least 4 members (excludes halogenated alkanes) is 10. The molecule has 0 aromatic carbocycles. The molecule has 1 unspecified atom stereocenters. The maximum Gasteiger partial charge on any atom is 0.318 e. The first kappa shape index (κ1) is 21.9. The SMILES string of the molecule is CCCCCCCC/C=C\CCCCCCC(I)C(=O)OC. The standard InChI is InChI=1S/C19H35IO2/c1-3-4-5-6-7-8-9-10-11-12-13-14-15-16-17-18(20)19(21)22-2/h10-11,18H,3-9,12-17H2,1-2H3/b11-10-. The summed E-state index contributed by atoms with van der Waals surface area (Å²) in [5.74, 6) is -0.0850. The molecule has 0 aromatic rings. The number of halogens is 1. The molecule has 0 amide bonds. The van der Waals surface area contributed by atoms with Gasteiger partial charge in [-0.15, -0.1) is 0 Å². The van der Waals surface area contributed by atoms with E-state index in [0.29, 0.717) is 0 Å². The molecule has 0 aliphatic rings. The summed E-state index contributed by atoms with van der Waals surface area (Å²) in [6.45, 7) is 2.27. The van der Waals surface area contributed by atoms with Crippen molar-refractivity contribution in [2.24, 2.45) is 0 Å². The van der Waals surface area contributed by atoms with Crippen LogP contribution >= 0.6 is 22.6 Å². The van der Waals surface area contributed by atoms with Crippen molar-refractivity contribution in [3.8, 4) is 0 Å². The van der Waals surface area contributed by atoms with Gasteiger partial charge in [-0.1, -0.05) is 93.0 Å². The minimum Gasteiger partial charge on any atom is -0.468 e. The summed E-state index contributed by atoms with van der Waals surface area (Å²) in [5.41, 5.74) is 0. The van der Waals surface area contributed by atoms with Crippen molar-refractivity contribution in [3.05, 3.63) is 12.2 Å². The van der Waals surface area contributed by atoms with Gasteiger partial charge < -0.3 is 4.74 Å². The zero-order valence-electron chi connectivity index (χ0n) is 14.6. The second kappa shape index (κ2) is 17.3. The van der Waals surface area contributed by atoms with Crippen LogP contribution in [0.1, 0.15) is 90.4 Å². The summed E-state index contributed by atoms with van der Waals surface area (Å²) in [5, 5.41) is 0. The molecule has 0 bridgehead atoms. The van der Waals surface area contributed by atoms with E-state index in [0.717, 1.165) is 12.8 Å². The van der Waals surface area contributed by atoms with Crippen molar-refractivity contribution in [1.29, 1.82) is 0 Å². The number of alkyl halides is 1. The zero-order valence-corrected chi connectivity index (χ0v) is 16.8. The van der Waals surface area contributed by atoms with Gasteiger partial charge in [-0.2, -0.15) is 0 Å². The minimum atomic E-state index is -0.0850. The lowest BCUT2D eigenvalue weighted by Crippen LogP contribution is -2.14. The molecule has 0 fully saturated rings. The molecule has 0 radical (unpaired) electrons. The van der Waals surface area contributed by atoms with E-state index in [-0.39, 0.29) is 9.89 Å². The predicted octanol–water partition coefficient (Wildman–Crippen LogP) is 6.61. The van der Waals surface area contributed by atoms with E-state index in [1.54, 1.807) is 0 Å². The van der Waals surface area contributed by atoms with Gasteiger partial charge in [0.25, 0.3) is 0 Å². The minimum absolute atomic E-state index is 0.0276. The van der Waals surface area contributed by atoms with E-state index in [1.165, 1.54) is 77.7 Å². The highest BCUT2D eigenvalue weighted by Crippen LogP contribution is 2.14. The number of allylic oxidation sites excluding steroid dienone is 2. The molecule has 0 N–H and O–H groups in total. The van der Waals surface area contributed by atoms with E-state index >= 15 is 0 Å². The van der Waals surface area contributed by atoms with Crippen LogP contribution in [0.4, 0.5) is 0 Å². The Kier molecular flexibility index (Phi) is 17.2. The van der Waals surface area contributed by atoms with Crippen LogP contribution in [-0.2, 0) is 9.53 Å². The monoisotopic (exact) mass is 422 g/mol. The number of methoxy groups -OCH3 is 1.